The molecular weight excluding hydrogens is 345 g/mol. The molecule has 1 N–H and O–H groups in total. The van der Waals surface area contributed by atoms with Crippen LogP contribution in [0.5, 0.6) is 0 Å². The number of carbonyl (C=O) groups excluding carboxylic acids is 1. The lowest BCUT2D eigenvalue weighted by atomic mass is 9.84. The van der Waals surface area contributed by atoms with Gasteiger partial charge >= 0.3 is 0 Å². The molecule has 1 aromatic carbocycles. The Labute approximate surface area is 148 Å². The van der Waals surface area contributed by atoms with Crippen molar-refractivity contribution in [2.75, 3.05) is 19.6 Å². The standard InChI is InChI=1S/C17H18FN3OS2/c18-12-1-3-13(4-2-12)23-17-19-9-15(24-17)16(22)20-14-10-21-7-5-11(14)6-8-21/h1-4,9,11,14H,5-8,10H2,(H,20,22). The molecule has 1 atom stereocenters. The van der Waals surface area contributed by atoms with Crippen molar-refractivity contribution in [2.45, 2.75) is 28.1 Å². The van der Waals surface area contributed by atoms with Crippen LogP contribution in [0.25, 0.3) is 0 Å². The molecule has 3 aliphatic heterocycles. The summed E-state index contributed by atoms with van der Waals surface area (Å²) in [4.78, 5) is 20.8. The molecular formula is C17H18FN3OS2. The fraction of sp³-hybridized carbons (Fsp3) is 0.412. The van der Waals surface area contributed by atoms with Crippen LogP contribution < -0.4 is 5.32 Å². The van der Waals surface area contributed by atoms with Crippen molar-refractivity contribution in [1.29, 1.82) is 0 Å². The first-order chi connectivity index (χ1) is 11.7. The Morgan fingerprint density at radius 3 is 2.71 bits per heavy atom. The number of rotatable bonds is 4. The van der Waals surface area contributed by atoms with Crippen LogP contribution in [0.2, 0.25) is 0 Å². The van der Waals surface area contributed by atoms with Crippen LogP contribution in [-0.2, 0) is 0 Å². The Bertz CT molecular complexity index is 726. The van der Waals surface area contributed by atoms with Crippen molar-refractivity contribution in [3.63, 3.8) is 0 Å². The minimum Gasteiger partial charge on any atom is -0.347 e. The number of nitrogens with zero attached hydrogens (tertiary/aromatic N) is 2. The third-order valence-electron chi connectivity index (χ3n) is 4.70. The average Bonchev–Trinajstić information content (AvgIpc) is 3.07. The van der Waals surface area contributed by atoms with Crippen LogP contribution >= 0.6 is 23.1 Å². The number of aromatic nitrogens is 1. The summed E-state index contributed by atoms with van der Waals surface area (Å²) in [6.45, 7) is 3.29. The molecule has 3 saturated heterocycles. The van der Waals surface area contributed by atoms with Crippen molar-refractivity contribution in [1.82, 2.24) is 15.2 Å². The lowest BCUT2D eigenvalue weighted by Gasteiger charge is -2.44. The Kier molecular flexibility index (Phi) is 4.56. The summed E-state index contributed by atoms with van der Waals surface area (Å²) < 4.78 is 13.7. The van der Waals surface area contributed by atoms with Gasteiger partial charge in [-0.15, -0.1) is 11.3 Å². The van der Waals surface area contributed by atoms with Crippen molar-refractivity contribution < 1.29 is 9.18 Å². The topological polar surface area (TPSA) is 45.2 Å². The highest BCUT2D eigenvalue weighted by Crippen LogP contribution is 2.32. The smallest absolute Gasteiger partial charge is 0.263 e. The molecule has 4 nitrogen and oxygen atoms in total. The van der Waals surface area contributed by atoms with E-state index in [2.05, 4.69) is 15.2 Å². The number of carbonyl (C=O) groups is 1. The molecule has 126 valence electrons. The zero-order valence-corrected chi connectivity index (χ0v) is 14.7. The highest BCUT2D eigenvalue weighted by atomic mass is 32.2. The summed E-state index contributed by atoms with van der Waals surface area (Å²) in [5, 5.41) is 3.18. The van der Waals surface area contributed by atoms with Crippen molar-refractivity contribution in [3.8, 4) is 0 Å². The highest BCUT2D eigenvalue weighted by Gasteiger charge is 2.35. The van der Waals surface area contributed by atoms with Gasteiger partial charge in [0.25, 0.3) is 5.91 Å². The van der Waals surface area contributed by atoms with Gasteiger partial charge < -0.3 is 10.2 Å². The second kappa shape index (κ2) is 6.82. The molecule has 7 heteroatoms. The van der Waals surface area contributed by atoms with Gasteiger partial charge in [-0.05, 0) is 56.1 Å². The molecule has 1 amide bonds. The van der Waals surface area contributed by atoms with Gasteiger partial charge in [-0.2, -0.15) is 0 Å². The van der Waals surface area contributed by atoms with Crippen LogP contribution in [0, 0.1) is 11.7 Å². The molecule has 0 spiro atoms. The van der Waals surface area contributed by atoms with Gasteiger partial charge in [-0.25, -0.2) is 9.37 Å². The first-order valence-corrected chi connectivity index (χ1v) is 9.73. The first-order valence-electron chi connectivity index (χ1n) is 8.10. The fourth-order valence-electron chi connectivity index (χ4n) is 3.38. The highest BCUT2D eigenvalue weighted by molar-refractivity contribution is 8.01. The van der Waals surface area contributed by atoms with E-state index < -0.39 is 0 Å². The van der Waals surface area contributed by atoms with Gasteiger partial charge in [0, 0.05) is 17.5 Å². The summed E-state index contributed by atoms with van der Waals surface area (Å²) in [6.07, 6.45) is 3.99. The second-order valence-corrected chi connectivity index (χ2v) is 8.62. The maximum absolute atomic E-state index is 12.9. The second-order valence-electron chi connectivity index (χ2n) is 6.26. The fourth-order valence-corrected chi connectivity index (χ4v) is 5.24. The lowest BCUT2D eigenvalue weighted by Crippen LogP contribution is -2.57. The van der Waals surface area contributed by atoms with E-state index in [1.165, 1.54) is 48.1 Å². The number of thiazole rings is 1. The average molecular weight is 363 g/mol. The number of nitrogens with one attached hydrogen (secondary N) is 1. The summed E-state index contributed by atoms with van der Waals surface area (Å²) in [5.74, 6) is 0.327. The van der Waals surface area contributed by atoms with Crippen molar-refractivity contribution in [2.24, 2.45) is 5.92 Å². The van der Waals surface area contributed by atoms with Crippen molar-refractivity contribution >= 4 is 29.0 Å². The summed E-state index contributed by atoms with van der Waals surface area (Å²) >= 11 is 2.83. The first kappa shape index (κ1) is 16.1. The number of halogens is 1. The van der Waals surface area contributed by atoms with Crippen LogP contribution in [0.3, 0.4) is 0 Å². The Hall–Kier alpha value is -1.44. The summed E-state index contributed by atoms with van der Waals surface area (Å²) in [5.41, 5.74) is 0. The number of hydrogen-bond donors (Lipinski definition) is 1. The van der Waals surface area contributed by atoms with Gasteiger partial charge in [0.2, 0.25) is 0 Å². The lowest BCUT2D eigenvalue weighted by molar-refractivity contribution is 0.0622. The Morgan fingerprint density at radius 1 is 1.29 bits per heavy atom. The van der Waals surface area contributed by atoms with Gasteiger partial charge in [-0.3, -0.25) is 4.79 Å². The minimum absolute atomic E-state index is 0.0304. The maximum atomic E-state index is 12.9. The van der Waals surface area contributed by atoms with E-state index in [-0.39, 0.29) is 17.8 Å². The van der Waals surface area contributed by atoms with Gasteiger partial charge in [0.15, 0.2) is 4.34 Å². The van der Waals surface area contributed by atoms with Crippen molar-refractivity contribution in [3.05, 3.63) is 41.2 Å². The van der Waals surface area contributed by atoms with Crippen LogP contribution in [0.1, 0.15) is 22.5 Å². The molecule has 3 fully saturated rings. The number of amides is 1. The number of fused-ring (bicyclic) bond motifs is 3. The number of piperidine rings is 3. The molecule has 0 radical (unpaired) electrons. The molecule has 24 heavy (non-hydrogen) atoms. The SMILES string of the molecule is O=C(NC1CN2CCC1CC2)c1cnc(Sc2ccc(F)cc2)s1. The van der Waals surface area contributed by atoms with Crippen LogP contribution in [0.15, 0.2) is 39.7 Å². The molecule has 1 unspecified atom stereocenters. The summed E-state index contributed by atoms with van der Waals surface area (Å²) in [7, 11) is 0. The molecule has 3 aliphatic rings. The van der Waals surface area contributed by atoms with E-state index in [9.17, 15) is 9.18 Å². The van der Waals surface area contributed by atoms with E-state index in [1.807, 2.05) is 0 Å². The predicted octanol–water partition coefficient (Wildman–Crippen LogP) is 3.26. The molecule has 0 saturated carbocycles. The number of hydrogen-bond acceptors (Lipinski definition) is 5. The van der Waals surface area contributed by atoms with Gasteiger partial charge in [0.05, 0.1) is 6.20 Å². The zero-order valence-electron chi connectivity index (χ0n) is 13.1. The molecule has 0 aliphatic carbocycles. The minimum atomic E-state index is -0.254. The molecule has 5 rings (SSSR count). The zero-order chi connectivity index (χ0) is 16.5. The van der Waals surface area contributed by atoms with Gasteiger partial charge in [-0.1, -0.05) is 11.8 Å². The van der Waals surface area contributed by atoms with E-state index in [1.54, 1.807) is 18.3 Å². The Balaban J connectivity index is 1.39. The monoisotopic (exact) mass is 363 g/mol. The van der Waals surface area contributed by atoms with Gasteiger partial charge in [0.1, 0.15) is 10.7 Å². The van der Waals surface area contributed by atoms with Crippen LogP contribution in [-0.4, -0.2) is 41.5 Å². The Morgan fingerprint density at radius 2 is 2.04 bits per heavy atom. The number of benzene rings is 1. The van der Waals surface area contributed by atoms with E-state index in [0.29, 0.717) is 10.8 Å². The quantitative estimate of drug-likeness (QED) is 0.906. The molecule has 2 aromatic rings. The van der Waals surface area contributed by atoms with E-state index >= 15 is 0 Å². The predicted molar refractivity (Wildman–Crippen MR) is 93.1 cm³/mol. The summed E-state index contributed by atoms with van der Waals surface area (Å²) in [6, 6.07) is 6.55. The molecule has 4 heterocycles. The molecule has 2 bridgehead atoms. The largest absolute Gasteiger partial charge is 0.347 e. The van der Waals surface area contributed by atoms with E-state index in [0.717, 1.165) is 28.9 Å². The van der Waals surface area contributed by atoms with Crippen LogP contribution in [0.4, 0.5) is 4.39 Å². The molecule has 1 aromatic heterocycles. The van der Waals surface area contributed by atoms with E-state index in [4.69, 9.17) is 0 Å². The third kappa shape index (κ3) is 3.48. The normalized spacial score (nSPS) is 25.6. The third-order valence-corrected chi connectivity index (χ3v) is 6.78. The maximum Gasteiger partial charge on any atom is 0.263 e.